The monoisotopic (exact) mass is 366 g/mol. The Morgan fingerprint density at radius 3 is 2.50 bits per heavy atom. The summed E-state index contributed by atoms with van der Waals surface area (Å²) in [6, 6.07) is 14.5. The second-order valence-electron chi connectivity index (χ2n) is 5.58. The van der Waals surface area contributed by atoms with E-state index in [1.807, 2.05) is 24.3 Å². The van der Waals surface area contributed by atoms with E-state index in [4.69, 9.17) is 16.3 Å². The molecule has 1 heterocycles. The first-order chi connectivity index (χ1) is 11.2. The summed E-state index contributed by atoms with van der Waals surface area (Å²) in [4.78, 5) is 12.1. The zero-order chi connectivity index (χ0) is 16.1. The van der Waals surface area contributed by atoms with Crippen molar-refractivity contribution in [3.63, 3.8) is 0 Å². The van der Waals surface area contributed by atoms with E-state index in [2.05, 4.69) is 10.6 Å². The predicted octanol–water partition coefficient (Wildman–Crippen LogP) is 3.89. The lowest BCUT2D eigenvalue weighted by Crippen LogP contribution is -2.16. The van der Waals surface area contributed by atoms with Crippen LogP contribution >= 0.6 is 24.0 Å². The number of hydrogen-bond donors (Lipinski definition) is 2. The number of carbonyl (C=O) groups is 1. The third-order valence-electron chi connectivity index (χ3n) is 3.82. The Balaban J connectivity index is 0.00000208. The largest absolute Gasteiger partial charge is 0.372 e. The molecule has 1 unspecified atom stereocenters. The Hall–Kier alpha value is -1.59. The van der Waals surface area contributed by atoms with Crippen molar-refractivity contribution in [2.24, 2.45) is 0 Å². The van der Waals surface area contributed by atoms with E-state index in [1.165, 1.54) is 0 Å². The molecule has 0 saturated carbocycles. The molecule has 0 aliphatic carbocycles. The standard InChI is InChI=1S/C18H19ClN2O2.ClH/c19-15-5-3-14(4-6-15)18(22)21-16-7-1-13(2-8-16)12-23-17-9-10-20-11-17;/h1-8,17,20H,9-12H2,(H,21,22);1H. The van der Waals surface area contributed by atoms with Gasteiger partial charge >= 0.3 is 0 Å². The maximum Gasteiger partial charge on any atom is 0.255 e. The Kier molecular flexibility index (Phi) is 7.06. The van der Waals surface area contributed by atoms with Crippen LogP contribution in [0, 0.1) is 0 Å². The van der Waals surface area contributed by atoms with Crippen molar-refractivity contribution < 1.29 is 9.53 Å². The summed E-state index contributed by atoms with van der Waals surface area (Å²) in [6.07, 6.45) is 1.37. The maximum absolute atomic E-state index is 12.1. The summed E-state index contributed by atoms with van der Waals surface area (Å²) in [7, 11) is 0. The maximum atomic E-state index is 12.1. The molecule has 1 saturated heterocycles. The highest BCUT2D eigenvalue weighted by molar-refractivity contribution is 6.30. The minimum atomic E-state index is -0.150. The second kappa shape index (κ2) is 9.04. The van der Waals surface area contributed by atoms with Crippen LogP contribution in [0.15, 0.2) is 48.5 Å². The normalized spacial score (nSPS) is 16.5. The average Bonchev–Trinajstić information content (AvgIpc) is 3.08. The second-order valence-corrected chi connectivity index (χ2v) is 6.02. The van der Waals surface area contributed by atoms with Crippen molar-refractivity contribution in [3.8, 4) is 0 Å². The van der Waals surface area contributed by atoms with Gasteiger partial charge in [-0.3, -0.25) is 4.79 Å². The molecule has 1 aliphatic rings. The van der Waals surface area contributed by atoms with Gasteiger partial charge in [0.1, 0.15) is 0 Å². The molecule has 0 spiro atoms. The fourth-order valence-electron chi connectivity index (χ4n) is 2.47. The molecule has 1 aliphatic heterocycles. The first kappa shape index (κ1) is 18.7. The SMILES string of the molecule is Cl.O=C(Nc1ccc(COC2CCNC2)cc1)c1ccc(Cl)cc1. The van der Waals surface area contributed by atoms with Crippen molar-refractivity contribution in [1.29, 1.82) is 0 Å². The number of carbonyl (C=O) groups excluding carboxylic acids is 1. The number of amides is 1. The molecule has 2 aromatic carbocycles. The highest BCUT2D eigenvalue weighted by atomic mass is 35.5. The predicted molar refractivity (Wildman–Crippen MR) is 99.2 cm³/mol. The van der Waals surface area contributed by atoms with E-state index in [0.717, 1.165) is 30.8 Å². The molecule has 6 heteroatoms. The number of benzene rings is 2. The van der Waals surface area contributed by atoms with Gasteiger partial charge in [0.05, 0.1) is 12.7 Å². The van der Waals surface area contributed by atoms with Gasteiger partial charge in [-0.2, -0.15) is 0 Å². The quantitative estimate of drug-likeness (QED) is 0.843. The third-order valence-corrected chi connectivity index (χ3v) is 4.07. The van der Waals surface area contributed by atoms with Gasteiger partial charge in [0.25, 0.3) is 5.91 Å². The third kappa shape index (κ3) is 5.21. The van der Waals surface area contributed by atoms with Gasteiger partial charge in [-0.15, -0.1) is 12.4 Å². The number of ether oxygens (including phenoxy) is 1. The Bertz CT molecular complexity index is 654. The van der Waals surface area contributed by atoms with Gasteiger partial charge < -0.3 is 15.4 Å². The molecule has 2 N–H and O–H groups in total. The lowest BCUT2D eigenvalue weighted by atomic mass is 10.2. The molecule has 24 heavy (non-hydrogen) atoms. The van der Waals surface area contributed by atoms with E-state index in [0.29, 0.717) is 23.3 Å². The van der Waals surface area contributed by atoms with Gasteiger partial charge in [0, 0.05) is 22.8 Å². The minimum absolute atomic E-state index is 0. The van der Waals surface area contributed by atoms with Crippen molar-refractivity contribution in [2.45, 2.75) is 19.1 Å². The Morgan fingerprint density at radius 1 is 1.17 bits per heavy atom. The van der Waals surface area contributed by atoms with Gasteiger partial charge in [-0.1, -0.05) is 23.7 Å². The Labute approximate surface area is 153 Å². The van der Waals surface area contributed by atoms with Crippen LogP contribution in [0.25, 0.3) is 0 Å². The summed E-state index contributed by atoms with van der Waals surface area (Å²) in [6.45, 7) is 2.55. The van der Waals surface area contributed by atoms with Crippen molar-refractivity contribution in [2.75, 3.05) is 18.4 Å². The van der Waals surface area contributed by atoms with E-state index in [-0.39, 0.29) is 18.3 Å². The summed E-state index contributed by atoms with van der Waals surface area (Å²) in [5.74, 6) is -0.150. The molecule has 3 rings (SSSR count). The molecule has 0 bridgehead atoms. The van der Waals surface area contributed by atoms with Crippen molar-refractivity contribution >= 4 is 35.6 Å². The molecule has 0 radical (unpaired) electrons. The van der Waals surface area contributed by atoms with Crippen LogP contribution in [0.1, 0.15) is 22.3 Å². The molecule has 1 amide bonds. The molecular formula is C18H20Cl2N2O2. The molecule has 2 aromatic rings. The highest BCUT2D eigenvalue weighted by Crippen LogP contribution is 2.15. The molecule has 4 nitrogen and oxygen atoms in total. The topological polar surface area (TPSA) is 50.4 Å². The first-order valence-electron chi connectivity index (χ1n) is 7.69. The van der Waals surface area contributed by atoms with Crippen LogP contribution in [0.3, 0.4) is 0 Å². The number of anilines is 1. The zero-order valence-corrected chi connectivity index (χ0v) is 14.7. The number of halogens is 2. The lowest BCUT2D eigenvalue weighted by molar-refractivity contribution is 0.0542. The molecule has 0 aromatic heterocycles. The van der Waals surface area contributed by atoms with Crippen LogP contribution in [-0.4, -0.2) is 25.1 Å². The fraction of sp³-hybridized carbons (Fsp3) is 0.278. The van der Waals surface area contributed by atoms with Crippen LogP contribution < -0.4 is 10.6 Å². The van der Waals surface area contributed by atoms with Gasteiger partial charge in [-0.05, 0) is 54.9 Å². The lowest BCUT2D eigenvalue weighted by Gasteiger charge is -2.11. The molecule has 1 fully saturated rings. The van der Waals surface area contributed by atoms with Crippen LogP contribution in [0.4, 0.5) is 5.69 Å². The molecular weight excluding hydrogens is 347 g/mol. The minimum Gasteiger partial charge on any atom is -0.372 e. The smallest absolute Gasteiger partial charge is 0.255 e. The molecule has 128 valence electrons. The summed E-state index contributed by atoms with van der Waals surface area (Å²) in [5.41, 5.74) is 2.44. The van der Waals surface area contributed by atoms with Gasteiger partial charge in [0.2, 0.25) is 0 Å². The average molecular weight is 367 g/mol. The number of rotatable bonds is 5. The Morgan fingerprint density at radius 2 is 1.88 bits per heavy atom. The van der Waals surface area contributed by atoms with E-state index < -0.39 is 0 Å². The van der Waals surface area contributed by atoms with E-state index >= 15 is 0 Å². The number of hydrogen-bond acceptors (Lipinski definition) is 3. The fourth-order valence-corrected chi connectivity index (χ4v) is 2.60. The van der Waals surface area contributed by atoms with Gasteiger partial charge in [0.15, 0.2) is 0 Å². The summed E-state index contributed by atoms with van der Waals surface area (Å²) < 4.78 is 5.83. The van der Waals surface area contributed by atoms with Crippen LogP contribution in [0.5, 0.6) is 0 Å². The highest BCUT2D eigenvalue weighted by Gasteiger charge is 2.14. The summed E-state index contributed by atoms with van der Waals surface area (Å²) in [5, 5.41) is 6.76. The van der Waals surface area contributed by atoms with E-state index in [9.17, 15) is 4.79 Å². The van der Waals surface area contributed by atoms with E-state index in [1.54, 1.807) is 24.3 Å². The molecule has 1 atom stereocenters. The zero-order valence-electron chi connectivity index (χ0n) is 13.1. The van der Waals surface area contributed by atoms with Crippen molar-refractivity contribution in [1.82, 2.24) is 5.32 Å². The van der Waals surface area contributed by atoms with Crippen LogP contribution in [0.2, 0.25) is 5.02 Å². The van der Waals surface area contributed by atoms with Gasteiger partial charge in [-0.25, -0.2) is 0 Å². The summed E-state index contributed by atoms with van der Waals surface area (Å²) >= 11 is 5.82. The van der Waals surface area contributed by atoms with Crippen LogP contribution in [-0.2, 0) is 11.3 Å². The van der Waals surface area contributed by atoms with Crippen molar-refractivity contribution in [3.05, 3.63) is 64.7 Å². The first-order valence-corrected chi connectivity index (χ1v) is 8.07. The number of nitrogens with one attached hydrogen (secondary N) is 2.